The van der Waals surface area contributed by atoms with Gasteiger partial charge in [-0.15, -0.1) is 0 Å². The topological polar surface area (TPSA) is 73.0 Å². The Bertz CT molecular complexity index is 1030. The summed E-state index contributed by atoms with van der Waals surface area (Å²) in [7, 11) is 0. The largest absolute Gasteiger partial charge is 0.360 e. The molecular formula is C22H25FN4O2. The molecule has 0 fully saturated rings. The van der Waals surface area contributed by atoms with E-state index < -0.39 is 0 Å². The van der Waals surface area contributed by atoms with E-state index in [9.17, 15) is 9.18 Å². The third kappa shape index (κ3) is 4.23. The maximum absolute atomic E-state index is 13.3. The predicted octanol–water partition coefficient (Wildman–Crippen LogP) is 4.46. The lowest BCUT2D eigenvalue weighted by Gasteiger charge is -2.33. The second-order valence-corrected chi connectivity index (χ2v) is 8.75. The summed E-state index contributed by atoms with van der Waals surface area (Å²) in [6.07, 6.45) is 5.93. The lowest BCUT2D eigenvalue weighted by atomic mass is 9.71. The zero-order valence-electron chi connectivity index (χ0n) is 16.9. The van der Waals surface area contributed by atoms with Gasteiger partial charge < -0.3 is 9.84 Å². The van der Waals surface area contributed by atoms with Gasteiger partial charge in [0.1, 0.15) is 11.6 Å². The smallest absolute Gasteiger partial charge is 0.278 e. The Kier molecular flexibility index (Phi) is 4.98. The van der Waals surface area contributed by atoms with Gasteiger partial charge in [0, 0.05) is 18.2 Å². The number of fused-ring (bicyclic) bond motifs is 1. The predicted molar refractivity (Wildman–Crippen MR) is 107 cm³/mol. The molecule has 0 aliphatic heterocycles. The van der Waals surface area contributed by atoms with Gasteiger partial charge in [0.05, 0.1) is 18.4 Å². The fourth-order valence-corrected chi connectivity index (χ4v) is 3.85. The number of benzene rings is 1. The Labute approximate surface area is 169 Å². The van der Waals surface area contributed by atoms with Crippen LogP contribution in [0.15, 0.2) is 41.2 Å². The SMILES string of the molecule is CC(C)(C)[C@@H]1CCc2onc(C(=O)Nc3cnn(Cc4cccc(F)c4)c3)c2C1. The molecule has 7 heteroatoms. The molecule has 0 unspecified atom stereocenters. The van der Waals surface area contributed by atoms with Crippen molar-refractivity contribution in [1.29, 1.82) is 0 Å². The average molecular weight is 396 g/mol. The average Bonchev–Trinajstić information content (AvgIpc) is 3.27. The highest BCUT2D eigenvalue weighted by Gasteiger charge is 2.34. The summed E-state index contributed by atoms with van der Waals surface area (Å²) in [5.74, 6) is 0.717. The molecule has 0 saturated carbocycles. The number of rotatable bonds is 4. The summed E-state index contributed by atoms with van der Waals surface area (Å²) in [6.45, 7) is 7.09. The number of aromatic nitrogens is 3. The number of aryl methyl sites for hydroxylation is 1. The van der Waals surface area contributed by atoms with E-state index in [2.05, 4.69) is 36.3 Å². The molecule has 1 atom stereocenters. The minimum absolute atomic E-state index is 0.167. The number of anilines is 1. The molecule has 29 heavy (non-hydrogen) atoms. The molecule has 1 aliphatic rings. The van der Waals surface area contributed by atoms with Crippen molar-refractivity contribution in [1.82, 2.24) is 14.9 Å². The highest BCUT2D eigenvalue weighted by atomic mass is 19.1. The molecule has 0 spiro atoms. The molecule has 3 aromatic rings. The van der Waals surface area contributed by atoms with Crippen LogP contribution in [-0.4, -0.2) is 20.8 Å². The van der Waals surface area contributed by atoms with E-state index >= 15 is 0 Å². The first-order valence-corrected chi connectivity index (χ1v) is 9.85. The summed E-state index contributed by atoms with van der Waals surface area (Å²) in [5, 5.41) is 11.1. The normalized spacial score (nSPS) is 16.5. The Morgan fingerprint density at radius 3 is 2.97 bits per heavy atom. The van der Waals surface area contributed by atoms with Gasteiger partial charge in [-0.2, -0.15) is 5.10 Å². The summed E-state index contributed by atoms with van der Waals surface area (Å²) in [5.41, 5.74) is 2.80. The van der Waals surface area contributed by atoms with E-state index in [0.29, 0.717) is 23.8 Å². The first kappa shape index (κ1) is 19.4. The van der Waals surface area contributed by atoms with Crippen LogP contribution in [-0.2, 0) is 19.4 Å². The zero-order chi connectivity index (χ0) is 20.6. The number of carbonyl (C=O) groups excluding carboxylic acids is 1. The van der Waals surface area contributed by atoms with Crippen molar-refractivity contribution >= 4 is 11.6 Å². The summed E-state index contributed by atoms with van der Waals surface area (Å²) >= 11 is 0. The molecular weight excluding hydrogens is 371 g/mol. The summed E-state index contributed by atoms with van der Waals surface area (Å²) in [6, 6.07) is 6.36. The highest BCUT2D eigenvalue weighted by Crippen LogP contribution is 2.38. The molecule has 0 saturated heterocycles. The van der Waals surface area contributed by atoms with Crippen molar-refractivity contribution in [2.24, 2.45) is 11.3 Å². The van der Waals surface area contributed by atoms with Gasteiger partial charge in [-0.25, -0.2) is 4.39 Å². The number of hydrogen-bond acceptors (Lipinski definition) is 4. The summed E-state index contributed by atoms with van der Waals surface area (Å²) in [4.78, 5) is 12.8. The number of amides is 1. The Hall–Kier alpha value is -2.96. The van der Waals surface area contributed by atoms with Crippen LogP contribution >= 0.6 is 0 Å². The summed E-state index contributed by atoms with van der Waals surface area (Å²) < 4.78 is 20.4. The van der Waals surface area contributed by atoms with E-state index in [0.717, 1.165) is 36.1 Å². The van der Waals surface area contributed by atoms with Crippen LogP contribution in [0.1, 0.15) is 54.6 Å². The van der Waals surface area contributed by atoms with Gasteiger partial charge in [0.25, 0.3) is 5.91 Å². The molecule has 1 N–H and O–H groups in total. The van der Waals surface area contributed by atoms with Gasteiger partial charge in [-0.3, -0.25) is 9.48 Å². The molecule has 1 aromatic carbocycles. The first-order chi connectivity index (χ1) is 13.8. The van der Waals surface area contributed by atoms with E-state index in [-0.39, 0.29) is 17.1 Å². The quantitative estimate of drug-likeness (QED) is 0.707. The van der Waals surface area contributed by atoms with Crippen molar-refractivity contribution in [3.05, 3.63) is 65.1 Å². The van der Waals surface area contributed by atoms with Crippen LogP contribution in [0.5, 0.6) is 0 Å². The van der Waals surface area contributed by atoms with Crippen LogP contribution in [0.3, 0.4) is 0 Å². The highest BCUT2D eigenvalue weighted by molar-refractivity contribution is 6.03. The van der Waals surface area contributed by atoms with Crippen LogP contribution in [0, 0.1) is 17.2 Å². The molecule has 4 rings (SSSR count). The third-order valence-corrected chi connectivity index (χ3v) is 5.60. The Balaban J connectivity index is 1.46. The van der Waals surface area contributed by atoms with Crippen molar-refractivity contribution in [3.63, 3.8) is 0 Å². The Morgan fingerprint density at radius 2 is 2.21 bits per heavy atom. The Morgan fingerprint density at radius 1 is 1.38 bits per heavy atom. The third-order valence-electron chi connectivity index (χ3n) is 5.60. The monoisotopic (exact) mass is 396 g/mol. The lowest BCUT2D eigenvalue weighted by molar-refractivity contribution is 0.101. The maximum atomic E-state index is 13.3. The van der Waals surface area contributed by atoms with E-state index in [1.54, 1.807) is 23.1 Å². The van der Waals surface area contributed by atoms with Crippen LogP contribution < -0.4 is 5.32 Å². The first-order valence-electron chi connectivity index (χ1n) is 9.85. The lowest BCUT2D eigenvalue weighted by Crippen LogP contribution is -2.27. The van der Waals surface area contributed by atoms with Crippen molar-refractivity contribution < 1.29 is 13.7 Å². The van der Waals surface area contributed by atoms with Crippen molar-refractivity contribution in [2.45, 2.75) is 46.6 Å². The second-order valence-electron chi connectivity index (χ2n) is 8.75. The molecule has 2 aromatic heterocycles. The molecule has 152 valence electrons. The number of hydrogen-bond donors (Lipinski definition) is 1. The van der Waals surface area contributed by atoms with E-state index in [1.807, 2.05) is 6.07 Å². The molecule has 6 nitrogen and oxygen atoms in total. The minimum atomic E-state index is -0.296. The zero-order valence-corrected chi connectivity index (χ0v) is 16.9. The van der Waals surface area contributed by atoms with Crippen molar-refractivity contribution in [3.8, 4) is 0 Å². The fraction of sp³-hybridized carbons (Fsp3) is 0.409. The molecule has 2 heterocycles. The second kappa shape index (κ2) is 7.46. The molecule has 0 bridgehead atoms. The van der Waals surface area contributed by atoms with Gasteiger partial charge in [0.15, 0.2) is 5.69 Å². The van der Waals surface area contributed by atoms with E-state index in [1.165, 1.54) is 12.1 Å². The maximum Gasteiger partial charge on any atom is 0.278 e. The van der Waals surface area contributed by atoms with Crippen LogP contribution in [0.4, 0.5) is 10.1 Å². The van der Waals surface area contributed by atoms with Gasteiger partial charge >= 0.3 is 0 Å². The van der Waals surface area contributed by atoms with Crippen molar-refractivity contribution in [2.75, 3.05) is 5.32 Å². The minimum Gasteiger partial charge on any atom is -0.360 e. The van der Waals surface area contributed by atoms with Gasteiger partial charge in [0.2, 0.25) is 0 Å². The molecule has 1 aliphatic carbocycles. The van der Waals surface area contributed by atoms with Crippen LogP contribution in [0.2, 0.25) is 0 Å². The number of nitrogens with zero attached hydrogens (tertiary/aromatic N) is 3. The number of halogens is 1. The number of nitrogens with one attached hydrogen (secondary N) is 1. The standard InChI is InChI=1S/C22H25FN4O2/c1-22(2,3)15-7-8-19-18(10-15)20(26-29-19)21(28)25-17-11-24-27(13-17)12-14-5-4-6-16(23)9-14/h4-6,9,11,13,15H,7-8,10,12H2,1-3H3,(H,25,28)/t15-/m1/s1. The van der Waals surface area contributed by atoms with Gasteiger partial charge in [-0.05, 0) is 41.9 Å². The molecule has 1 amide bonds. The molecule has 0 radical (unpaired) electrons. The van der Waals surface area contributed by atoms with E-state index in [4.69, 9.17) is 4.52 Å². The fourth-order valence-electron chi connectivity index (χ4n) is 3.85. The van der Waals surface area contributed by atoms with Crippen LogP contribution in [0.25, 0.3) is 0 Å². The number of carbonyl (C=O) groups is 1. The van der Waals surface area contributed by atoms with Gasteiger partial charge in [-0.1, -0.05) is 38.1 Å².